The minimum absolute atomic E-state index is 0.177. The molecule has 0 radical (unpaired) electrons. The van der Waals surface area contributed by atoms with Gasteiger partial charge in [-0.3, -0.25) is 4.79 Å². The van der Waals surface area contributed by atoms with Gasteiger partial charge in [-0.1, -0.05) is 5.92 Å². The van der Waals surface area contributed by atoms with E-state index >= 15 is 0 Å². The quantitative estimate of drug-likeness (QED) is 0.605. The van der Waals surface area contributed by atoms with Gasteiger partial charge in [0.1, 0.15) is 0 Å². The summed E-state index contributed by atoms with van der Waals surface area (Å²) in [4.78, 5) is 20.6. The van der Waals surface area contributed by atoms with Gasteiger partial charge in [0.15, 0.2) is 6.29 Å². The van der Waals surface area contributed by atoms with Gasteiger partial charge in [0.2, 0.25) is 0 Å². The fourth-order valence-electron chi connectivity index (χ4n) is 1.10. The topological polar surface area (TPSA) is 54.4 Å². The van der Waals surface area contributed by atoms with Crippen molar-refractivity contribution in [3.63, 3.8) is 0 Å². The lowest BCUT2D eigenvalue weighted by molar-refractivity contribution is -0.137. The van der Waals surface area contributed by atoms with Gasteiger partial charge in [0.25, 0.3) is 0 Å². The molecule has 3 nitrogen and oxygen atoms in total. The first-order valence-electron chi connectivity index (χ1n) is 4.25. The van der Waals surface area contributed by atoms with Crippen LogP contribution in [0.4, 0.5) is 13.2 Å². The van der Waals surface area contributed by atoms with Crippen molar-refractivity contribution in [2.45, 2.75) is 6.18 Å². The largest absolute Gasteiger partial charge is 0.478 e. The maximum absolute atomic E-state index is 12.4. The first-order valence-corrected chi connectivity index (χ1v) is 4.25. The van der Waals surface area contributed by atoms with Crippen LogP contribution < -0.4 is 0 Å². The van der Waals surface area contributed by atoms with Crippen LogP contribution in [0.25, 0.3) is 0 Å². The molecule has 0 saturated heterocycles. The van der Waals surface area contributed by atoms with Gasteiger partial charge in [0, 0.05) is 5.56 Å². The smallest absolute Gasteiger partial charge is 0.416 e. The monoisotopic (exact) mass is 242 g/mol. The Bertz CT molecular complexity index is 521. The highest BCUT2D eigenvalue weighted by Gasteiger charge is 2.31. The van der Waals surface area contributed by atoms with Crippen LogP contribution in [0.3, 0.4) is 0 Å². The Kier molecular flexibility index (Phi) is 3.53. The van der Waals surface area contributed by atoms with E-state index in [0.717, 1.165) is 6.07 Å². The molecule has 6 heteroatoms. The summed E-state index contributed by atoms with van der Waals surface area (Å²) in [7, 11) is 0. The lowest BCUT2D eigenvalue weighted by atomic mass is 10.1. The number of aldehydes is 1. The van der Waals surface area contributed by atoms with E-state index in [9.17, 15) is 22.8 Å². The highest BCUT2D eigenvalue weighted by atomic mass is 19.4. The molecule has 0 spiro atoms. The fourth-order valence-corrected chi connectivity index (χ4v) is 1.10. The second kappa shape index (κ2) is 4.70. The summed E-state index contributed by atoms with van der Waals surface area (Å²) in [6, 6.07) is 2.16. The fraction of sp³-hybridized carbons (Fsp3) is 0.0909. The van der Waals surface area contributed by atoms with Gasteiger partial charge < -0.3 is 5.11 Å². The van der Waals surface area contributed by atoms with Crippen molar-refractivity contribution in [1.82, 2.24) is 0 Å². The SMILES string of the molecule is O=CC#Cc1cc(C(=O)O)cc(C(F)(F)F)c1. The average Bonchev–Trinajstić information content (AvgIpc) is 2.24. The molecule has 1 aromatic carbocycles. The molecule has 0 saturated carbocycles. The Hall–Kier alpha value is -2.29. The number of alkyl halides is 3. The summed E-state index contributed by atoms with van der Waals surface area (Å²) >= 11 is 0. The third-order valence-corrected chi connectivity index (χ3v) is 1.78. The lowest BCUT2D eigenvalue weighted by Crippen LogP contribution is -2.08. The zero-order valence-electron chi connectivity index (χ0n) is 8.21. The van der Waals surface area contributed by atoms with Gasteiger partial charge in [-0.25, -0.2) is 4.79 Å². The molecule has 0 heterocycles. The number of carbonyl (C=O) groups excluding carboxylic acids is 1. The van der Waals surface area contributed by atoms with Crippen LogP contribution >= 0.6 is 0 Å². The van der Waals surface area contributed by atoms with Crippen molar-refractivity contribution in [1.29, 1.82) is 0 Å². The second-order valence-electron chi connectivity index (χ2n) is 2.99. The van der Waals surface area contributed by atoms with Gasteiger partial charge in [-0.15, -0.1) is 0 Å². The molecule has 0 atom stereocenters. The van der Waals surface area contributed by atoms with Gasteiger partial charge >= 0.3 is 12.1 Å². The number of halogens is 3. The predicted octanol–water partition coefficient (Wildman–Crippen LogP) is 1.95. The summed E-state index contributed by atoms with van der Waals surface area (Å²) in [5, 5.41) is 8.64. The summed E-state index contributed by atoms with van der Waals surface area (Å²) in [5.74, 6) is 2.54. The highest BCUT2D eigenvalue weighted by Crippen LogP contribution is 2.30. The Morgan fingerprint density at radius 1 is 1.29 bits per heavy atom. The van der Waals surface area contributed by atoms with Gasteiger partial charge in [-0.05, 0) is 24.1 Å². The Morgan fingerprint density at radius 3 is 2.41 bits per heavy atom. The number of hydrogen-bond acceptors (Lipinski definition) is 2. The molecule has 0 amide bonds. The van der Waals surface area contributed by atoms with Crippen molar-refractivity contribution < 1.29 is 27.9 Å². The van der Waals surface area contributed by atoms with Crippen molar-refractivity contribution >= 4 is 12.3 Å². The lowest BCUT2D eigenvalue weighted by Gasteiger charge is -2.08. The number of hydrogen-bond donors (Lipinski definition) is 1. The Balaban J connectivity index is 3.38. The summed E-state index contributed by atoms with van der Waals surface area (Å²) in [6.07, 6.45) is -4.45. The first kappa shape index (κ1) is 12.8. The van der Waals surface area contributed by atoms with Crippen molar-refractivity contribution in [2.75, 3.05) is 0 Å². The van der Waals surface area contributed by atoms with Crippen LogP contribution in [-0.2, 0) is 11.0 Å². The van der Waals surface area contributed by atoms with Gasteiger partial charge in [-0.2, -0.15) is 13.2 Å². The van der Waals surface area contributed by atoms with E-state index in [1.807, 2.05) is 5.92 Å². The van der Waals surface area contributed by atoms with Crippen LogP contribution in [0.2, 0.25) is 0 Å². The van der Waals surface area contributed by atoms with E-state index in [4.69, 9.17) is 5.11 Å². The maximum atomic E-state index is 12.4. The molecular formula is C11H5F3O3. The third-order valence-electron chi connectivity index (χ3n) is 1.78. The molecule has 1 N–H and O–H groups in total. The predicted molar refractivity (Wildman–Crippen MR) is 51.3 cm³/mol. The van der Waals surface area contributed by atoms with E-state index in [-0.39, 0.29) is 11.8 Å². The molecule has 1 rings (SSSR count). The number of benzene rings is 1. The van der Waals surface area contributed by atoms with E-state index in [2.05, 4.69) is 5.92 Å². The number of carboxylic acids is 1. The Morgan fingerprint density at radius 2 is 1.94 bits per heavy atom. The van der Waals surface area contributed by atoms with E-state index < -0.39 is 23.3 Å². The summed E-state index contributed by atoms with van der Waals surface area (Å²) in [6.45, 7) is 0. The molecule has 17 heavy (non-hydrogen) atoms. The summed E-state index contributed by atoms with van der Waals surface area (Å²) in [5.41, 5.74) is -1.83. The van der Waals surface area contributed by atoms with Crippen LogP contribution in [0, 0.1) is 11.8 Å². The molecular weight excluding hydrogens is 237 g/mol. The second-order valence-corrected chi connectivity index (χ2v) is 2.99. The molecule has 88 valence electrons. The molecule has 0 aromatic heterocycles. The van der Waals surface area contributed by atoms with Crippen LogP contribution in [0.1, 0.15) is 21.5 Å². The zero-order valence-corrected chi connectivity index (χ0v) is 8.21. The molecule has 0 aliphatic carbocycles. The molecule has 0 unspecified atom stereocenters. The number of aromatic carboxylic acids is 1. The summed E-state index contributed by atoms with van der Waals surface area (Å²) < 4.78 is 37.3. The molecule has 0 aliphatic rings. The average molecular weight is 242 g/mol. The molecule has 1 aromatic rings. The van der Waals surface area contributed by atoms with Crippen LogP contribution in [-0.4, -0.2) is 17.4 Å². The van der Waals surface area contributed by atoms with Crippen LogP contribution in [0.5, 0.6) is 0 Å². The highest BCUT2D eigenvalue weighted by molar-refractivity contribution is 5.88. The number of rotatable bonds is 1. The van der Waals surface area contributed by atoms with Crippen molar-refractivity contribution in [3.8, 4) is 11.8 Å². The van der Waals surface area contributed by atoms with E-state index in [0.29, 0.717) is 12.1 Å². The minimum Gasteiger partial charge on any atom is -0.478 e. The van der Waals surface area contributed by atoms with Gasteiger partial charge in [0.05, 0.1) is 11.1 Å². The van der Waals surface area contributed by atoms with E-state index in [1.54, 1.807) is 0 Å². The number of carboxylic acid groups (broad SMARTS) is 1. The standard InChI is InChI=1S/C11H5F3O3/c12-11(13,14)9-5-7(2-1-3-15)4-8(6-9)10(16)17/h3-6H,(H,16,17). The van der Waals surface area contributed by atoms with Crippen molar-refractivity contribution in [3.05, 3.63) is 34.9 Å². The minimum atomic E-state index is -4.66. The molecule has 0 fully saturated rings. The first-order chi connectivity index (χ1) is 7.84. The van der Waals surface area contributed by atoms with Crippen LogP contribution in [0.15, 0.2) is 18.2 Å². The molecule has 0 aliphatic heterocycles. The zero-order chi connectivity index (χ0) is 13.1. The normalized spacial score (nSPS) is 10.3. The molecule has 0 bridgehead atoms. The number of carbonyl (C=O) groups is 2. The maximum Gasteiger partial charge on any atom is 0.416 e. The van der Waals surface area contributed by atoms with E-state index in [1.165, 1.54) is 0 Å². The third kappa shape index (κ3) is 3.34. The van der Waals surface area contributed by atoms with Crippen molar-refractivity contribution in [2.24, 2.45) is 0 Å². The Labute approximate surface area is 93.9 Å².